The monoisotopic (exact) mass is 868 g/mol. The number of sulfonamides is 1. The highest BCUT2D eigenvalue weighted by molar-refractivity contribution is 7.89. The molecule has 1 saturated carbocycles. The van der Waals surface area contributed by atoms with Gasteiger partial charge < -0.3 is 29.3 Å². The van der Waals surface area contributed by atoms with Crippen molar-refractivity contribution in [3.63, 3.8) is 0 Å². The highest BCUT2D eigenvalue weighted by Gasteiger charge is 2.66. The fourth-order valence-electron chi connectivity index (χ4n) is 9.70. The van der Waals surface area contributed by atoms with Crippen LogP contribution in [0.25, 0.3) is 10.9 Å². The second kappa shape index (κ2) is 19.9. The van der Waals surface area contributed by atoms with Crippen molar-refractivity contribution >= 4 is 32.3 Å². The van der Waals surface area contributed by atoms with Crippen LogP contribution >= 0.6 is 0 Å². The second-order valence-electron chi connectivity index (χ2n) is 16.0. The Balaban J connectivity index is 1.48. The minimum atomic E-state index is -4.31. The average molecular weight is 869 g/mol. The smallest absolute Gasteiger partial charge is 0.273 e. The minimum absolute atomic E-state index is 0.0125. The number of benzene rings is 3. The van der Waals surface area contributed by atoms with Crippen LogP contribution in [0, 0.1) is 27.9 Å². The lowest BCUT2D eigenvalue weighted by Gasteiger charge is -2.59. The summed E-state index contributed by atoms with van der Waals surface area (Å²) in [5, 5.41) is 36.9. The Kier molecular flexibility index (Phi) is 14.4. The molecule has 330 valence electrons. The molecule has 1 aliphatic heterocycles. The summed E-state index contributed by atoms with van der Waals surface area (Å²) in [5.74, 6) is -1.48. The van der Waals surface area contributed by atoms with Crippen molar-refractivity contribution in [2.75, 3.05) is 33.0 Å². The number of allylic oxidation sites excluding steroid dienone is 1. The highest BCUT2D eigenvalue weighted by atomic mass is 32.2. The third-order valence-corrected chi connectivity index (χ3v) is 14.1. The predicted octanol–water partition coefficient (Wildman–Crippen LogP) is 8.69. The molecule has 2 heterocycles. The maximum absolute atomic E-state index is 15.4. The molecular weight excluding hydrogens is 813 g/mol. The van der Waals surface area contributed by atoms with Crippen LogP contribution in [0.2, 0.25) is 0 Å². The van der Waals surface area contributed by atoms with Crippen LogP contribution in [0.5, 0.6) is 17.2 Å². The van der Waals surface area contributed by atoms with Crippen molar-refractivity contribution in [2.45, 2.75) is 87.9 Å². The summed E-state index contributed by atoms with van der Waals surface area (Å²) in [6, 6.07) is 19.2. The van der Waals surface area contributed by atoms with E-state index < -0.39 is 32.7 Å². The van der Waals surface area contributed by atoms with Crippen LogP contribution in [0.1, 0.15) is 76.7 Å². The lowest BCUT2D eigenvalue weighted by molar-refractivity contribution is -0.384. The number of hydrogen-bond donors (Lipinski definition) is 2. The zero-order valence-electron chi connectivity index (χ0n) is 35.3. The fourth-order valence-corrected chi connectivity index (χ4v) is 11.6. The largest absolute Gasteiger partial charge is 0.460 e. The van der Waals surface area contributed by atoms with Crippen LogP contribution in [0.15, 0.2) is 113 Å². The molecule has 6 atom stereocenters. The maximum Gasteiger partial charge on any atom is 0.273 e. The molecule has 0 amide bonds. The number of ether oxygens (including phenoxy) is 3. The number of non-ortho nitro benzene ring substituents is 1. The van der Waals surface area contributed by atoms with Crippen molar-refractivity contribution in [1.29, 1.82) is 0 Å². The van der Waals surface area contributed by atoms with Crippen LogP contribution in [-0.4, -0.2) is 83.4 Å². The third-order valence-electron chi connectivity index (χ3n) is 12.2. The van der Waals surface area contributed by atoms with E-state index in [0.717, 1.165) is 30.4 Å². The first kappa shape index (κ1) is 44.9. The summed E-state index contributed by atoms with van der Waals surface area (Å²) >= 11 is 0. The van der Waals surface area contributed by atoms with Crippen molar-refractivity contribution in [3.05, 3.63) is 119 Å². The molecule has 14 nitrogen and oxygen atoms in total. The topological polar surface area (TPSA) is 183 Å². The van der Waals surface area contributed by atoms with Crippen LogP contribution in [-0.2, 0) is 19.6 Å². The van der Waals surface area contributed by atoms with Gasteiger partial charge in [0.05, 0.1) is 40.8 Å². The fraction of sp³-hybridized carbons (Fsp3) is 0.447. The zero-order chi connectivity index (χ0) is 43.9. The number of para-hydroxylation sites is 1. The van der Waals surface area contributed by atoms with Gasteiger partial charge in [0.1, 0.15) is 28.8 Å². The normalized spacial score (nSPS) is 23.6. The Bertz CT molecular complexity index is 2400. The lowest BCUT2D eigenvalue weighted by atomic mass is 9.55. The Morgan fingerprint density at radius 2 is 1.77 bits per heavy atom. The molecule has 0 radical (unpaired) electrons. The number of hydrogen-bond acceptors (Lipinski definition) is 12. The Morgan fingerprint density at radius 1 is 1.02 bits per heavy atom. The number of oxime groups is 1. The molecule has 1 fully saturated rings. The number of unbranched alkanes of at least 4 members (excludes halogenated alkanes) is 2. The van der Waals surface area contributed by atoms with E-state index in [9.17, 15) is 20.3 Å². The molecule has 0 spiro atoms. The van der Waals surface area contributed by atoms with Crippen molar-refractivity contribution < 1.29 is 42.6 Å². The van der Waals surface area contributed by atoms with E-state index >= 15 is 8.42 Å². The van der Waals surface area contributed by atoms with Gasteiger partial charge in [-0.05, 0) is 92.8 Å². The number of pyridine rings is 1. The molecule has 62 heavy (non-hydrogen) atoms. The van der Waals surface area contributed by atoms with Gasteiger partial charge >= 0.3 is 0 Å². The molecule has 0 bridgehead atoms. The second-order valence-corrected chi connectivity index (χ2v) is 17.9. The number of fused-ring (bicyclic) bond motifs is 3. The first-order valence-electron chi connectivity index (χ1n) is 21.6. The van der Waals surface area contributed by atoms with Gasteiger partial charge in [-0.1, -0.05) is 61.3 Å². The summed E-state index contributed by atoms with van der Waals surface area (Å²) < 4.78 is 53.0. The van der Waals surface area contributed by atoms with Gasteiger partial charge in [0, 0.05) is 55.3 Å². The molecule has 0 unspecified atom stereocenters. The standard InChI is InChI=1S/C47H56N4O10S/c1-4-24-50(62(56,57)42-20-11-15-32-16-13-23-48-46(32)42)43-31-40(49-59-6-3)38-28-33(14-7-9-25-52)37(19-8-10-26-53)44-39-30-36(60-35-18-12-17-34(29-35)51(54)55)21-22-41(39)61-47(43,45(38)44)58-27-5-2/h5,11-13,15-18,20-23,28-30,33,37,43-45,52-53H,2,4,6-10,14,19,24-27,31H2,1,3H3/t33-,37+,43-,44+,45+,47+/m0/s1. The molecular formula is C47H56N4O10S. The summed E-state index contributed by atoms with van der Waals surface area (Å²) in [6.45, 7) is 8.32. The van der Waals surface area contributed by atoms with Crippen LogP contribution in [0.3, 0.4) is 0 Å². The van der Waals surface area contributed by atoms with Gasteiger partial charge in [-0.2, -0.15) is 4.31 Å². The van der Waals surface area contributed by atoms with Crippen LogP contribution in [0.4, 0.5) is 5.69 Å². The van der Waals surface area contributed by atoms with E-state index in [4.69, 9.17) is 24.2 Å². The number of aliphatic hydroxyl groups is 2. The number of aromatic nitrogens is 1. The van der Waals surface area contributed by atoms with Gasteiger partial charge in [-0.25, -0.2) is 8.42 Å². The number of rotatable bonds is 21. The number of nitrogens with zero attached hydrogens (tertiary/aromatic N) is 4. The van der Waals surface area contributed by atoms with E-state index in [2.05, 4.69) is 17.6 Å². The minimum Gasteiger partial charge on any atom is -0.460 e. The number of nitro groups is 1. The zero-order valence-corrected chi connectivity index (χ0v) is 36.1. The van der Waals surface area contributed by atoms with Gasteiger partial charge in [-0.3, -0.25) is 15.1 Å². The van der Waals surface area contributed by atoms with E-state index in [-0.39, 0.29) is 73.5 Å². The summed E-state index contributed by atoms with van der Waals surface area (Å²) in [5.41, 5.74) is 2.49. The van der Waals surface area contributed by atoms with E-state index in [0.29, 0.717) is 53.8 Å². The average Bonchev–Trinajstić information content (AvgIpc) is 3.28. The van der Waals surface area contributed by atoms with Gasteiger partial charge in [0.2, 0.25) is 15.8 Å². The summed E-state index contributed by atoms with van der Waals surface area (Å²) in [4.78, 5) is 21.6. The molecule has 0 saturated heterocycles. The van der Waals surface area contributed by atoms with E-state index in [1.54, 1.807) is 54.7 Å². The Morgan fingerprint density at radius 3 is 2.52 bits per heavy atom. The molecule has 4 aromatic rings. The molecule has 7 rings (SSSR count). The van der Waals surface area contributed by atoms with Crippen molar-refractivity contribution in [3.8, 4) is 17.2 Å². The van der Waals surface area contributed by atoms with Crippen molar-refractivity contribution in [1.82, 2.24) is 9.29 Å². The molecule has 3 aliphatic rings. The summed E-state index contributed by atoms with van der Waals surface area (Å²) in [6.07, 6.45) is 10.2. The first-order chi connectivity index (χ1) is 30.1. The molecule has 2 N–H and O–H groups in total. The molecule has 15 heteroatoms. The lowest BCUT2D eigenvalue weighted by Crippen LogP contribution is -2.70. The van der Waals surface area contributed by atoms with Crippen LogP contribution < -0.4 is 9.47 Å². The molecule has 2 aliphatic carbocycles. The SMILES string of the molecule is C=CCO[C@@]12Oc3ccc(Oc4cccc([N+](=O)[O-])c4)cc3[C@H]3[C@H](CCCCO)[C@@H](CCCCO)C=C(C(=NOCC)C[C@@H]1N(CCC)S(=O)(=O)c1cccc4cccnc14)[C@H]32. The van der Waals surface area contributed by atoms with Crippen molar-refractivity contribution in [2.24, 2.45) is 22.9 Å². The first-order valence-corrected chi connectivity index (χ1v) is 23.0. The quantitative estimate of drug-likeness (QED) is 0.0354. The molecule has 3 aromatic carbocycles. The third kappa shape index (κ3) is 8.86. The van der Waals surface area contributed by atoms with Gasteiger partial charge in [0.15, 0.2) is 0 Å². The molecule has 1 aromatic heterocycles. The Hall–Kier alpha value is -5.19. The van der Waals surface area contributed by atoms with E-state index in [1.165, 1.54) is 16.4 Å². The predicted molar refractivity (Wildman–Crippen MR) is 236 cm³/mol. The number of nitro benzene ring substituents is 1. The maximum atomic E-state index is 15.4. The van der Waals surface area contributed by atoms with Gasteiger partial charge in [0.25, 0.3) is 5.69 Å². The highest BCUT2D eigenvalue weighted by Crippen LogP contribution is 2.62. The van der Waals surface area contributed by atoms with Gasteiger partial charge in [-0.15, -0.1) is 6.58 Å². The number of aliphatic hydroxyl groups excluding tert-OH is 2. The Labute approximate surface area is 363 Å². The van der Waals surface area contributed by atoms with E-state index in [1.807, 2.05) is 32.0 Å². The summed E-state index contributed by atoms with van der Waals surface area (Å²) in [7, 11) is -4.31.